The Morgan fingerprint density at radius 2 is 1.56 bits per heavy atom. The van der Waals surface area contributed by atoms with Crippen molar-refractivity contribution in [2.24, 2.45) is 0 Å². The van der Waals surface area contributed by atoms with Crippen LogP contribution in [0.3, 0.4) is 0 Å². The molecule has 0 saturated heterocycles. The Kier molecular flexibility index (Phi) is 12.9. The highest BCUT2D eigenvalue weighted by Crippen LogP contribution is 2.21. The molecule has 0 nitrogen and oxygen atoms in total. The fraction of sp³-hybridized carbons (Fsp3) is 0.923. The summed E-state index contributed by atoms with van der Waals surface area (Å²) in [6.07, 6.45) is 12.5. The summed E-state index contributed by atoms with van der Waals surface area (Å²) < 4.78 is 0.784. The van der Waals surface area contributed by atoms with E-state index >= 15 is 0 Å². The monoisotopic (exact) mass is 278 g/mol. The lowest BCUT2D eigenvalue weighted by molar-refractivity contribution is 0.564. The van der Waals surface area contributed by atoms with Gasteiger partial charge in [-0.25, -0.2) is 0 Å². The van der Waals surface area contributed by atoms with Crippen LogP contribution in [0.25, 0.3) is 0 Å². The standard InChI is InChI=1S/C13H26S3/c1-3-4-5-6-7-8-9-10-11-12(2)16-13(14)15/h12H,3-11H2,1-2H3,(H,14,15). The maximum atomic E-state index is 4.96. The second-order valence-electron chi connectivity index (χ2n) is 4.46. The minimum atomic E-state index is 0.644. The van der Waals surface area contributed by atoms with Gasteiger partial charge in [0.05, 0.1) is 0 Å². The molecule has 0 fully saturated rings. The van der Waals surface area contributed by atoms with Crippen molar-refractivity contribution in [1.82, 2.24) is 0 Å². The summed E-state index contributed by atoms with van der Waals surface area (Å²) in [5.41, 5.74) is 0. The van der Waals surface area contributed by atoms with Crippen molar-refractivity contribution in [3.05, 3.63) is 0 Å². The first-order chi connectivity index (χ1) is 7.66. The number of thiocarbonyl (C=S) groups is 1. The van der Waals surface area contributed by atoms with Crippen LogP contribution in [0.1, 0.15) is 71.6 Å². The van der Waals surface area contributed by atoms with Crippen molar-refractivity contribution < 1.29 is 0 Å². The molecule has 0 aliphatic carbocycles. The van der Waals surface area contributed by atoms with Crippen molar-refractivity contribution >= 4 is 40.1 Å². The average molecular weight is 279 g/mol. The largest absolute Gasteiger partial charge is 0.125 e. The number of hydrogen-bond donors (Lipinski definition) is 1. The van der Waals surface area contributed by atoms with Crippen molar-refractivity contribution in [2.45, 2.75) is 76.9 Å². The molecule has 0 saturated carbocycles. The van der Waals surface area contributed by atoms with Gasteiger partial charge < -0.3 is 0 Å². The SMILES string of the molecule is CCCCCCCCCCC(C)SC(=S)S. The van der Waals surface area contributed by atoms with E-state index in [9.17, 15) is 0 Å². The van der Waals surface area contributed by atoms with E-state index in [2.05, 4.69) is 26.5 Å². The summed E-state index contributed by atoms with van der Waals surface area (Å²) in [4.78, 5) is 0. The zero-order chi connectivity index (χ0) is 12.2. The van der Waals surface area contributed by atoms with Gasteiger partial charge in [-0.3, -0.25) is 0 Å². The third kappa shape index (κ3) is 12.9. The molecule has 0 spiro atoms. The highest BCUT2D eigenvalue weighted by atomic mass is 32.2. The van der Waals surface area contributed by atoms with Gasteiger partial charge in [-0.2, -0.15) is 0 Å². The second kappa shape index (κ2) is 12.3. The molecule has 0 amide bonds. The van der Waals surface area contributed by atoms with Crippen LogP contribution < -0.4 is 0 Å². The van der Waals surface area contributed by atoms with Gasteiger partial charge in [-0.15, -0.1) is 24.4 Å². The number of thiol groups is 1. The molecule has 0 N–H and O–H groups in total. The zero-order valence-corrected chi connectivity index (χ0v) is 13.2. The molecule has 96 valence electrons. The van der Waals surface area contributed by atoms with Gasteiger partial charge in [0, 0.05) is 5.25 Å². The number of thioether (sulfide) groups is 1. The van der Waals surface area contributed by atoms with E-state index < -0.39 is 0 Å². The van der Waals surface area contributed by atoms with Gasteiger partial charge >= 0.3 is 0 Å². The fourth-order valence-corrected chi connectivity index (χ4v) is 3.46. The van der Waals surface area contributed by atoms with E-state index in [1.165, 1.54) is 57.8 Å². The topological polar surface area (TPSA) is 0 Å². The van der Waals surface area contributed by atoms with Gasteiger partial charge in [0.1, 0.15) is 3.53 Å². The van der Waals surface area contributed by atoms with Crippen LogP contribution in [0.5, 0.6) is 0 Å². The van der Waals surface area contributed by atoms with E-state index in [-0.39, 0.29) is 0 Å². The fourth-order valence-electron chi connectivity index (χ4n) is 1.80. The summed E-state index contributed by atoms with van der Waals surface area (Å²) in [6.45, 7) is 4.51. The Bertz CT molecular complexity index is 169. The maximum absolute atomic E-state index is 4.96. The molecule has 0 bridgehead atoms. The molecule has 0 radical (unpaired) electrons. The van der Waals surface area contributed by atoms with E-state index in [4.69, 9.17) is 12.2 Å². The van der Waals surface area contributed by atoms with E-state index in [1.54, 1.807) is 11.8 Å². The molecule has 0 aliphatic heterocycles. The van der Waals surface area contributed by atoms with Crippen molar-refractivity contribution in [3.63, 3.8) is 0 Å². The van der Waals surface area contributed by atoms with Crippen molar-refractivity contribution in [3.8, 4) is 0 Å². The van der Waals surface area contributed by atoms with Crippen LogP contribution in [0.2, 0.25) is 0 Å². The summed E-state index contributed by atoms with van der Waals surface area (Å²) in [5, 5.41) is 0.644. The third-order valence-electron chi connectivity index (χ3n) is 2.77. The molecule has 0 aromatic rings. The molecule has 3 heteroatoms. The smallest absolute Gasteiger partial charge is 0.101 e. The third-order valence-corrected chi connectivity index (χ3v) is 4.21. The summed E-state index contributed by atoms with van der Waals surface area (Å²) >= 11 is 10.8. The first kappa shape index (κ1) is 16.8. The number of rotatable bonds is 10. The molecule has 1 unspecified atom stereocenters. The van der Waals surface area contributed by atoms with Crippen LogP contribution in [-0.2, 0) is 0 Å². The molecule has 1 atom stereocenters. The van der Waals surface area contributed by atoms with Gasteiger partial charge in [-0.05, 0) is 6.42 Å². The molecular formula is C13H26S3. The average Bonchev–Trinajstić information content (AvgIpc) is 2.21. The van der Waals surface area contributed by atoms with Crippen LogP contribution in [0, 0.1) is 0 Å². The van der Waals surface area contributed by atoms with Crippen LogP contribution in [-0.4, -0.2) is 8.78 Å². The molecule has 0 rings (SSSR count). The lowest BCUT2D eigenvalue weighted by Crippen LogP contribution is -1.97. The van der Waals surface area contributed by atoms with Gasteiger partial charge in [0.2, 0.25) is 0 Å². The predicted octanol–water partition coefficient (Wildman–Crippen LogP) is 5.85. The molecule has 0 heterocycles. The van der Waals surface area contributed by atoms with Crippen LogP contribution in [0.4, 0.5) is 0 Å². The Hall–Kier alpha value is 0.790. The first-order valence-electron chi connectivity index (χ1n) is 6.56. The molecule has 0 aromatic carbocycles. The predicted molar refractivity (Wildman–Crippen MR) is 85.9 cm³/mol. The summed E-state index contributed by atoms with van der Waals surface area (Å²) in [7, 11) is 0. The summed E-state index contributed by atoms with van der Waals surface area (Å²) in [6, 6.07) is 0. The van der Waals surface area contributed by atoms with Crippen molar-refractivity contribution in [2.75, 3.05) is 0 Å². The number of hydrogen-bond acceptors (Lipinski definition) is 2. The highest BCUT2D eigenvalue weighted by Gasteiger charge is 2.03. The van der Waals surface area contributed by atoms with Gasteiger partial charge in [-0.1, -0.05) is 77.4 Å². The molecular weight excluding hydrogens is 252 g/mol. The quantitative estimate of drug-likeness (QED) is 0.302. The first-order valence-corrected chi connectivity index (χ1v) is 8.30. The molecule has 0 aliphatic rings. The number of unbranched alkanes of at least 4 members (excludes halogenated alkanes) is 7. The molecule has 16 heavy (non-hydrogen) atoms. The van der Waals surface area contributed by atoms with Gasteiger partial charge in [0.15, 0.2) is 0 Å². The summed E-state index contributed by atoms with van der Waals surface area (Å²) in [5.74, 6) is 0. The normalized spacial score (nSPS) is 12.7. The Morgan fingerprint density at radius 3 is 2.06 bits per heavy atom. The Balaban J connectivity index is 3.11. The van der Waals surface area contributed by atoms with Crippen LogP contribution in [0.15, 0.2) is 0 Å². The van der Waals surface area contributed by atoms with Crippen LogP contribution >= 0.6 is 36.6 Å². The minimum Gasteiger partial charge on any atom is -0.125 e. The molecule has 0 aromatic heterocycles. The maximum Gasteiger partial charge on any atom is 0.101 e. The van der Waals surface area contributed by atoms with E-state index in [0.29, 0.717) is 5.25 Å². The second-order valence-corrected chi connectivity index (χ2v) is 7.63. The Morgan fingerprint density at radius 1 is 1.06 bits per heavy atom. The highest BCUT2D eigenvalue weighted by molar-refractivity contribution is 8.41. The van der Waals surface area contributed by atoms with Gasteiger partial charge in [0.25, 0.3) is 0 Å². The lowest BCUT2D eigenvalue weighted by Gasteiger charge is -2.08. The lowest BCUT2D eigenvalue weighted by atomic mass is 10.1. The van der Waals surface area contributed by atoms with Crippen molar-refractivity contribution in [1.29, 1.82) is 0 Å². The van der Waals surface area contributed by atoms with E-state index in [0.717, 1.165) is 3.53 Å². The minimum absolute atomic E-state index is 0.644. The van der Waals surface area contributed by atoms with E-state index in [1.807, 2.05) is 0 Å². The zero-order valence-electron chi connectivity index (χ0n) is 10.7. The Labute approximate surface area is 117 Å².